The van der Waals surface area contributed by atoms with Crippen LogP contribution in [0.1, 0.15) is 48.6 Å². The lowest BCUT2D eigenvalue weighted by atomic mass is 9.97. The van der Waals surface area contributed by atoms with E-state index in [0.717, 1.165) is 22.5 Å². The van der Waals surface area contributed by atoms with Crippen LogP contribution in [0.3, 0.4) is 0 Å². The molecule has 0 aliphatic carbocycles. The number of ether oxygens (including phenoxy) is 1. The van der Waals surface area contributed by atoms with Crippen molar-refractivity contribution in [1.29, 1.82) is 0 Å². The zero-order chi connectivity index (χ0) is 20.7. The summed E-state index contributed by atoms with van der Waals surface area (Å²) in [5, 5.41) is 0.506. The Kier molecular flexibility index (Phi) is 4.94. The number of aromatic nitrogens is 1. The highest BCUT2D eigenvalue weighted by Crippen LogP contribution is 2.39. The van der Waals surface area contributed by atoms with Gasteiger partial charge in [0.2, 0.25) is 0 Å². The van der Waals surface area contributed by atoms with E-state index in [2.05, 4.69) is 4.99 Å². The average molecular weight is 396 g/mol. The summed E-state index contributed by atoms with van der Waals surface area (Å²) in [6.07, 6.45) is 2.20. The van der Waals surface area contributed by atoms with Crippen LogP contribution in [0.15, 0.2) is 35.3 Å². The van der Waals surface area contributed by atoms with E-state index >= 15 is 4.39 Å². The third-order valence-electron chi connectivity index (χ3n) is 5.39. The van der Waals surface area contributed by atoms with Gasteiger partial charge >= 0.3 is 5.97 Å². The third kappa shape index (κ3) is 3.22. The van der Waals surface area contributed by atoms with Gasteiger partial charge in [-0.25, -0.2) is 8.78 Å². The lowest BCUT2D eigenvalue weighted by Crippen LogP contribution is -2.07. The molecule has 2 aromatic carbocycles. The van der Waals surface area contributed by atoms with E-state index in [0.29, 0.717) is 29.4 Å². The van der Waals surface area contributed by atoms with Crippen molar-refractivity contribution in [3.63, 3.8) is 0 Å². The third-order valence-corrected chi connectivity index (χ3v) is 5.39. The van der Waals surface area contributed by atoms with Gasteiger partial charge in [0, 0.05) is 40.5 Å². The molecule has 1 aromatic heterocycles. The van der Waals surface area contributed by atoms with Crippen LogP contribution in [0.5, 0.6) is 0 Å². The zero-order valence-electron chi connectivity index (χ0n) is 16.6. The second-order valence-corrected chi connectivity index (χ2v) is 7.53. The molecule has 0 amide bonds. The SMILES string of the molecule is COC(=O)CCc1c(C(C)C)n(-c2ccc(F)cc2)c2cc3c(c(F)c12)CN=C3. The molecule has 0 saturated carbocycles. The summed E-state index contributed by atoms with van der Waals surface area (Å²) >= 11 is 0. The lowest BCUT2D eigenvalue weighted by Gasteiger charge is -2.15. The van der Waals surface area contributed by atoms with Gasteiger partial charge in [0.1, 0.15) is 11.6 Å². The van der Waals surface area contributed by atoms with Crippen LogP contribution in [-0.2, 0) is 22.5 Å². The highest BCUT2D eigenvalue weighted by Gasteiger charge is 2.27. The molecule has 1 aliphatic heterocycles. The Balaban J connectivity index is 2.05. The van der Waals surface area contributed by atoms with Gasteiger partial charge in [-0.05, 0) is 48.2 Å². The molecule has 4 nitrogen and oxygen atoms in total. The Labute approximate surface area is 167 Å². The molecular weight excluding hydrogens is 374 g/mol. The minimum atomic E-state index is -0.340. The number of hydrogen-bond acceptors (Lipinski definition) is 3. The molecule has 0 fully saturated rings. The number of halogens is 2. The van der Waals surface area contributed by atoms with Crippen molar-refractivity contribution < 1.29 is 18.3 Å². The van der Waals surface area contributed by atoms with Gasteiger partial charge < -0.3 is 9.30 Å². The molecule has 29 heavy (non-hydrogen) atoms. The first-order valence-electron chi connectivity index (χ1n) is 9.63. The molecule has 0 radical (unpaired) electrons. The molecule has 150 valence electrons. The van der Waals surface area contributed by atoms with Crippen LogP contribution in [-0.4, -0.2) is 23.9 Å². The van der Waals surface area contributed by atoms with Crippen LogP contribution in [0, 0.1) is 11.6 Å². The Hall–Kier alpha value is -3.02. The van der Waals surface area contributed by atoms with E-state index in [-0.39, 0.29) is 29.9 Å². The van der Waals surface area contributed by atoms with E-state index < -0.39 is 0 Å². The summed E-state index contributed by atoms with van der Waals surface area (Å²) in [7, 11) is 1.35. The maximum absolute atomic E-state index is 15.6. The first-order chi connectivity index (χ1) is 13.9. The first-order valence-corrected chi connectivity index (χ1v) is 9.63. The van der Waals surface area contributed by atoms with E-state index in [1.54, 1.807) is 18.3 Å². The van der Waals surface area contributed by atoms with Crippen LogP contribution in [0.2, 0.25) is 0 Å². The fourth-order valence-corrected chi connectivity index (χ4v) is 4.12. The van der Waals surface area contributed by atoms with Crippen LogP contribution in [0.4, 0.5) is 8.78 Å². The van der Waals surface area contributed by atoms with Crippen molar-refractivity contribution in [3.05, 3.63) is 64.4 Å². The van der Waals surface area contributed by atoms with Gasteiger partial charge in [-0.2, -0.15) is 0 Å². The molecule has 0 unspecified atom stereocenters. The molecule has 6 heteroatoms. The van der Waals surface area contributed by atoms with Crippen molar-refractivity contribution in [2.75, 3.05) is 7.11 Å². The van der Waals surface area contributed by atoms with E-state index in [1.807, 2.05) is 24.5 Å². The molecule has 3 aromatic rings. The molecule has 2 heterocycles. The number of aliphatic imine (C=N–C) groups is 1. The number of carbonyl (C=O) groups excluding carboxylic acids is 1. The quantitative estimate of drug-likeness (QED) is 0.565. The molecule has 0 atom stereocenters. The van der Waals surface area contributed by atoms with Gasteiger partial charge in [0.25, 0.3) is 0 Å². The zero-order valence-corrected chi connectivity index (χ0v) is 16.6. The topological polar surface area (TPSA) is 43.6 Å². The minimum absolute atomic E-state index is 0.0583. The summed E-state index contributed by atoms with van der Waals surface area (Å²) in [6, 6.07) is 8.09. The van der Waals surface area contributed by atoms with Crippen molar-refractivity contribution in [2.24, 2.45) is 4.99 Å². The first kappa shape index (κ1) is 19.3. The highest BCUT2D eigenvalue weighted by atomic mass is 19.1. The molecule has 0 bridgehead atoms. The number of carbonyl (C=O) groups is 1. The Morgan fingerprint density at radius 3 is 2.62 bits per heavy atom. The Bertz CT molecular complexity index is 1130. The fourth-order valence-electron chi connectivity index (χ4n) is 4.12. The highest BCUT2D eigenvalue weighted by molar-refractivity contribution is 5.96. The molecule has 0 saturated heterocycles. The number of esters is 1. The normalized spacial score (nSPS) is 12.8. The number of methoxy groups -OCH3 is 1. The maximum Gasteiger partial charge on any atom is 0.305 e. The summed E-state index contributed by atoms with van der Waals surface area (Å²) in [6.45, 7) is 4.37. The second-order valence-electron chi connectivity index (χ2n) is 7.53. The van der Waals surface area contributed by atoms with Gasteiger partial charge in [-0.3, -0.25) is 9.79 Å². The molecule has 4 rings (SSSR count). The fraction of sp³-hybridized carbons (Fsp3) is 0.304. The summed E-state index contributed by atoms with van der Waals surface area (Å²) in [5.41, 5.74) is 4.48. The second kappa shape index (κ2) is 7.43. The molecule has 0 N–H and O–H groups in total. The standard InChI is InChI=1S/C23H22F2N2O2/c1-13(2)23-17(8-9-20(28)29-3)21-19(10-14-11-26-12-18(14)22(21)25)27(23)16-6-4-15(24)5-7-16/h4-7,10-11,13H,8-9,12H2,1-3H3. The van der Waals surface area contributed by atoms with Crippen molar-refractivity contribution >= 4 is 23.1 Å². The van der Waals surface area contributed by atoms with Gasteiger partial charge in [0.05, 0.1) is 19.2 Å². The van der Waals surface area contributed by atoms with E-state index in [9.17, 15) is 9.18 Å². The van der Waals surface area contributed by atoms with Crippen molar-refractivity contribution in [2.45, 2.75) is 39.2 Å². The predicted molar refractivity (Wildman–Crippen MR) is 109 cm³/mol. The summed E-state index contributed by atoms with van der Waals surface area (Å²) in [4.78, 5) is 16.0. The van der Waals surface area contributed by atoms with Crippen molar-refractivity contribution in [1.82, 2.24) is 4.57 Å². The lowest BCUT2D eigenvalue weighted by molar-refractivity contribution is -0.140. The number of nitrogens with zero attached hydrogens (tertiary/aromatic N) is 2. The minimum Gasteiger partial charge on any atom is -0.469 e. The van der Waals surface area contributed by atoms with E-state index in [1.165, 1.54) is 19.2 Å². The monoisotopic (exact) mass is 396 g/mol. The largest absolute Gasteiger partial charge is 0.469 e. The molecule has 0 spiro atoms. The summed E-state index contributed by atoms with van der Waals surface area (Å²) in [5.74, 6) is -0.908. The van der Waals surface area contributed by atoms with Crippen LogP contribution < -0.4 is 0 Å². The number of fused-ring (bicyclic) bond motifs is 2. The average Bonchev–Trinajstić information content (AvgIpc) is 3.30. The predicted octanol–water partition coefficient (Wildman–Crippen LogP) is 5.07. The molecule has 1 aliphatic rings. The smallest absolute Gasteiger partial charge is 0.305 e. The molecular formula is C23H22F2N2O2. The van der Waals surface area contributed by atoms with Crippen LogP contribution >= 0.6 is 0 Å². The Morgan fingerprint density at radius 2 is 1.97 bits per heavy atom. The van der Waals surface area contributed by atoms with Gasteiger partial charge in [-0.15, -0.1) is 0 Å². The summed E-state index contributed by atoms with van der Waals surface area (Å²) < 4.78 is 35.9. The Morgan fingerprint density at radius 1 is 1.24 bits per heavy atom. The van der Waals surface area contributed by atoms with E-state index in [4.69, 9.17) is 4.74 Å². The van der Waals surface area contributed by atoms with Crippen LogP contribution in [0.25, 0.3) is 16.6 Å². The number of hydrogen-bond donors (Lipinski definition) is 0. The van der Waals surface area contributed by atoms with Gasteiger partial charge in [0.15, 0.2) is 0 Å². The van der Waals surface area contributed by atoms with Gasteiger partial charge in [-0.1, -0.05) is 13.8 Å². The number of aryl methyl sites for hydroxylation is 1. The number of rotatable bonds is 5. The van der Waals surface area contributed by atoms with Crippen molar-refractivity contribution in [3.8, 4) is 5.69 Å². The maximum atomic E-state index is 15.6. The number of benzene rings is 2.